The highest BCUT2D eigenvalue weighted by Gasteiger charge is 2.30. The molecule has 0 radical (unpaired) electrons. The third kappa shape index (κ3) is 4.79. The van der Waals surface area contributed by atoms with E-state index in [4.69, 9.17) is 4.74 Å². The minimum absolute atomic E-state index is 0.0597. The van der Waals surface area contributed by atoms with Crippen molar-refractivity contribution in [1.29, 1.82) is 0 Å². The Morgan fingerprint density at radius 3 is 2.78 bits per heavy atom. The van der Waals surface area contributed by atoms with E-state index in [1.807, 2.05) is 11.8 Å². The van der Waals surface area contributed by atoms with Crippen LogP contribution in [0.15, 0.2) is 18.2 Å². The molecule has 0 amide bonds. The SMILES string of the molecule is COc1ccc(CN2CC(C)CC(C(=O)O)C2)c(OC(F)F)c1. The van der Waals surface area contributed by atoms with Crippen molar-refractivity contribution in [2.45, 2.75) is 26.5 Å². The number of halogens is 2. The predicted molar refractivity (Wildman–Crippen MR) is 79.8 cm³/mol. The Morgan fingerprint density at radius 1 is 1.43 bits per heavy atom. The summed E-state index contributed by atoms with van der Waals surface area (Å²) in [4.78, 5) is 13.2. The highest BCUT2D eigenvalue weighted by molar-refractivity contribution is 5.70. The van der Waals surface area contributed by atoms with Crippen LogP contribution in [0.2, 0.25) is 0 Å². The van der Waals surface area contributed by atoms with E-state index < -0.39 is 18.5 Å². The molecular formula is C16H21F2NO4. The highest BCUT2D eigenvalue weighted by Crippen LogP contribution is 2.30. The van der Waals surface area contributed by atoms with Gasteiger partial charge in [0.25, 0.3) is 0 Å². The lowest BCUT2D eigenvalue weighted by Crippen LogP contribution is -2.42. The van der Waals surface area contributed by atoms with Crippen LogP contribution in [-0.4, -0.2) is 42.8 Å². The van der Waals surface area contributed by atoms with Crippen molar-refractivity contribution in [2.24, 2.45) is 11.8 Å². The number of carboxylic acids is 1. The fourth-order valence-electron chi connectivity index (χ4n) is 3.01. The number of methoxy groups -OCH3 is 1. The maximum absolute atomic E-state index is 12.6. The molecule has 2 rings (SSSR count). The van der Waals surface area contributed by atoms with E-state index in [-0.39, 0.29) is 11.7 Å². The van der Waals surface area contributed by atoms with Gasteiger partial charge in [-0.2, -0.15) is 8.78 Å². The zero-order chi connectivity index (χ0) is 17.0. The van der Waals surface area contributed by atoms with Crippen LogP contribution in [0.3, 0.4) is 0 Å². The van der Waals surface area contributed by atoms with E-state index in [9.17, 15) is 18.7 Å². The van der Waals surface area contributed by atoms with Gasteiger partial charge in [0.2, 0.25) is 0 Å². The number of carbonyl (C=O) groups is 1. The number of benzene rings is 1. The van der Waals surface area contributed by atoms with Crippen molar-refractivity contribution < 1.29 is 28.2 Å². The molecule has 7 heteroatoms. The largest absolute Gasteiger partial charge is 0.497 e. The van der Waals surface area contributed by atoms with Crippen molar-refractivity contribution in [3.63, 3.8) is 0 Å². The average molecular weight is 329 g/mol. The van der Waals surface area contributed by atoms with Gasteiger partial charge in [-0.3, -0.25) is 9.69 Å². The minimum atomic E-state index is -2.92. The Kier molecular flexibility index (Phi) is 5.76. The lowest BCUT2D eigenvalue weighted by Gasteiger charge is -2.34. The van der Waals surface area contributed by atoms with E-state index in [0.717, 1.165) is 6.54 Å². The van der Waals surface area contributed by atoms with E-state index in [1.165, 1.54) is 13.2 Å². The first-order valence-electron chi connectivity index (χ1n) is 7.46. The van der Waals surface area contributed by atoms with Crippen molar-refractivity contribution in [3.8, 4) is 11.5 Å². The van der Waals surface area contributed by atoms with Crippen LogP contribution in [0.5, 0.6) is 11.5 Å². The molecule has 0 bridgehead atoms. The maximum atomic E-state index is 12.6. The molecule has 0 saturated carbocycles. The number of nitrogens with zero attached hydrogens (tertiary/aromatic N) is 1. The fraction of sp³-hybridized carbons (Fsp3) is 0.562. The van der Waals surface area contributed by atoms with E-state index in [0.29, 0.717) is 30.8 Å². The molecule has 2 atom stereocenters. The van der Waals surface area contributed by atoms with Gasteiger partial charge in [-0.25, -0.2) is 0 Å². The number of hydrogen-bond donors (Lipinski definition) is 1. The van der Waals surface area contributed by atoms with Gasteiger partial charge in [-0.1, -0.05) is 13.0 Å². The van der Waals surface area contributed by atoms with E-state index in [1.54, 1.807) is 12.1 Å². The number of hydrogen-bond acceptors (Lipinski definition) is 4. The van der Waals surface area contributed by atoms with Gasteiger partial charge in [0.1, 0.15) is 11.5 Å². The first-order chi connectivity index (χ1) is 10.9. The first kappa shape index (κ1) is 17.5. The summed E-state index contributed by atoms with van der Waals surface area (Å²) >= 11 is 0. The highest BCUT2D eigenvalue weighted by atomic mass is 19.3. The molecule has 128 valence electrons. The Bertz CT molecular complexity index is 553. The van der Waals surface area contributed by atoms with Gasteiger partial charge in [0.05, 0.1) is 13.0 Å². The zero-order valence-corrected chi connectivity index (χ0v) is 13.2. The topological polar surface area (TPSA) is 59.0 Å². The molecule has 23 heavy (non-hydrogen) atoms. The number of rotatable bonds is 6. The molecule has 1 N–H and O–H groups in total. The van der Waals surface area contributed by atoms with Crippen molar-refractivity contribution in [2.75, 3.05) is 20.2 Å². The van der Waals surface area contributed by atoms with Gasteiger partial charge < -0.3 is 14.6 Å². The van der Waals surface area contributed by atoms with Crippen molar-refractivity contribution in [3.05, 3.63) is 23.8 Å². The molecule has 1 aromatic rings. The normalized spacial score (nSPS) is 22.1. The van der Waals surface area contributed by atoms with Gasteiger partial charge in [0, 0.05) is 31.3 Å². The summed E-state index contributed by atoms with van der Waals surface area (Å²) in [6.45, 7) is 0.560. The molecule has 0 aliphatic carbocycles. The molecule has 1 heterocycles. The van der Waals surface area contributed by atoms with Crippen LogP contribution in [0.1, 0.15) is 18.9 Å². The smallest absolute Gasteiger partial charge is 0.387 e. The number of piperidine rings is 1. The summed E-state index contributed by atoms with van der Waals surface area (Å²) in [5.41, 5.74) is 0.587. The lowest BCUT2D eigenvalue weighted by atomic mass is 9.90. The number of ether oxygens (including phenoxy) is 2. The molecule has 5 nitrogen and oxygen atoms in total. The molecule has 1 saturated heterocycles. The first-order valence-corrected chi connectivity index (χ1v) is 7.46. The maximum Gasteiger partial charge on any atom is 0.387 e. The van der Waals surface area contributed by atoms with Crippen molar-refractivity contribution in [1.82, 2.24) is 4.90 Å². The summed E-state index contributed by atoms with van der Waals surface area (Å²) in [5, 5.41) is 9.21. The van der Waals surface area contributed by atoms with Crippen molar-refractivity contribution >= 4 is 5.97 Å². The third-order valence-electron chi connectivity index (χ3n) is 3.97. The molecule has 1 aliphatic heterocycles. The molecule has 1 aromatic carbocycles. The van der Waals surface area contributed by atoms with Gasteiger partial charge in [-0.05, 0) is 18.4 Å². The van der Waals surface area contributed by atoms with Crippen LogP contribution >= 0.6 is 0 Å². The average Bonchev–Trinajstić information content (AvgIpc) is 2.47. The quantitative estimate of drug-likeness (QED) is 0.870. The zero-order valence-electron chi connectivity index (χ0n) is 13.2. The summed E-state index contributed by atoms with van der Waals surface area (Å²) in [7, 11) is 1.45. The summed E-state index contributed by atoms with van der Waals surface area (Å²) in [6, 6.07) is 4.77. The Hall–Kier alpha value is -1.89. The minimum Gasteiger partial charge on any atom is -0.497 e. The Labute approximate surface area is 133 Å². The Balaban J connectivity index is 2.16. The molecule has 1 aliphatic rings. The monoisotopic (exact) mass is 329 g/mol. The molecule has 1 fully saturated rings. The molecular weight excluding hydrogens is 308 g/mol. The standard InChI is InChI=1S/C16H21F2NO4/c1-10-5-12(15(20)21)9-19(7-10)8-11-3-4-13(22-2)6-14(11)23-16(17)18/h3-4,6,10,12,16H,5,7-9H2,1-2H3,(H,20,21). The molecule has 0 spiro atoms. The van der Waals surface area contributed by atoms with Crippen LogP contribution < -0.4 is 9.47 Å². The number of aliphatic carboxylic acids is 1. The van der Waals surface area contributed by atoms with Crippen LogP contribution in [-0.2, 0) is 11.3 Å². The molecule has 0 aromatic heterocycles. The van der Waals surface area contributed by atoms with Crippen LogP contribution in [0, 0.1) is 11.8 Å². The number of likely N-dealkylation sites (tertiary alicyclic amines) is 1. The number of alkyl halides is 2. The third-order valence-corrected chi connectivity index (χ3v) is 3.97. The van der Waals surface area contributed by atoms with Gasteiger partial charge in [-0.15, -0.1) is 0 Å². The van der Waals surface area contributed by atoms with Gasteiger partial charge >= 0.3 is 12.6 Å². The summed E-state index contributed by atoms with van der Waals surface area (Å²) in [6.07, 6.45) is 0.634. The second kappa shape index (κ2) is 7.59. The summed E-state index contributed by atoms with van der Waals surface area (Å²) in [5.74, 6) is -0.524. The number of carboxylic acid groups (broad SMARTS) is 1. The van der Waals surface area contributed by atoms with E-state index in [2.05, 4.69) is 4.74 Å². The Morgan fingerprint density at radius 2 is 2.17 bits per heavy atom. The summed E-state index contributed by atoms with van der Waals surface area (Å²) < 4.78 is 34.8. The van der Waals surface area contributed by atoms with Crippen LogP contribution in [0.25, 0.3) is 0 Å². The molecule has 2 unspecified atom stereocenters. The van der Waals surface area contributed by atoms with Gasteiger partial charge in [0.15, 0.2) is 0 Å². The lowest BCUT2D eigenvalue weighted by molar-refractivity contribution is -0.144. The predicted octanol–water partition coefficient (Wildman–Crippen LogP) is 2.84. The van der Waals surface area contributed by atoms with E-state index >= 15 is 0 Å². The second-order valence-electron chi connectivity index (χ2n) is 5.92. The van der Waals surface area contributed by atoms with Crippen LogP contribution in [0.4, 0.5) is 8.78 Å². The second-order valence-corrected chi connectivity index (χ2v) is 5.92. The fourth-order valence-corrected chi connectivity index (χ4v) is 3.01.